The second-order valence-corrected chi connectivity index (χ2v) is 5.30. The van der Waals surface area contributed by atoms with Gasteiger partial charge in [0.2, 0.25) is 0 Å². The van der Waals surface area contributed by atoms with Crippen LogP contribution in [0.5, 0.6) is 11.5 Å². The van der Waals surface area contributed by atoms with Crippen molar-refractivity contribution in [3.8, 4) is 11.5 Å². The first-order valence-electron chi connectivity index (χ1n) is 7.72. The van der Waals surface area contributed by atoms with Gasteiger partial charge in [-0.25, -0.2) is 13.8 Å². The summed E-state index contributed by atoms with van der Waals surface area (Å²) in [7, 11) is 3.16. The Bertz CT molecular complexity index is 751. The molecule has 0 aromatic heterocycles. The molecule has 7 heteroatoms. The Balaban J connectivity index is 1.87. The predicted octanol–water partition coefficient (Wildman–Crippen LogP) is 2.63. The molecular weight excluding hydrogens is 328 g/mol. The van der Waals surface area contributed by atoms with Crippen molar-refractivity contribution in [3.05, 3.63) is 59.2 Å². The number of halogens is 2. The summed E-state index contributed by atoms with van der Waals surface area (Å²) in [4.78, 5) is 4.02. The number of nitrogens with one attached hydrogen (secondary N) is 1. The number of nitrogens with zero attached hydrogens (tertiary/aromatic N) is 1. The van der Waals surface area contributed by atoms with E-state index in [0.717, 1.165) is 23.8 Å². The highest BCUT2D eigenvalue weighted by Crippen LogP contribution is 2.27. The fourth-order valence-corrected chi connectivity index (χ4v) is 2.26. The van der Waals surface area contributed by atoms with E-state index in [1.54, 1.807) is 14.2 Å². The third-order valence-corrected chi connectivity index (χ3v) is 3.60. The summed E-state index contributed by atoms with van der Waals surface area (Å²) in [6.45, 7) is 0.509. The van der Waals surface area contributed by atoms with E-state index in [4.69, 9.17) is 15.2 Å². The Kier molecular flexibility index (Phi) is 6.56. The summed E-state index contributed by atoms with van der Waals surface area (Å²) in [5, 5.41) is 2.94. The summed E-state index contributed by atoms with van der Waals surface area (Å²) in [5.41, 5.74) is 6.95. The maximum absolute atomic E-state index is 13.5. The lowest BCUT2D eigenvalue weighted by Crippen LogP contribution is -2.33. The van der Waals surface area contributed by atoms with Crippen LogP contribution in [-0.4, -0.2) is 26.7 Å². The minimum Gasteiger partial charge on any atom is -0.493 e. The number of methoxy groups -OCH3 is 2. The van der Waals surface area contributed by atoms with E-state index in [1.165, 1.54) is 0 Å². The van der Waals surface area contributed by atoms with Gasteiger partial charge in [0.1, 0.15) is 11.6 Å². The van der Waals surface area contributed by atoms with Gasteiger partial charge in [0, 0.05) is 12.1 Å². The molecule has 0 unspecified atom stereocenters. The Hall–Kier alpha value is -2.83. The highest BCUT2D eigenvalue weighted by atomic mass is 19.1. The first kappa shape index (κ1) is 18.5. The Morgan fingerprint density at radius 3 is 2.56 bits per heavy atom. The first-order chi connectivity index (χ1) is 12.0. The van der Waals surface area contributed by atoms with E-state index in [9.17, 15) is 8.78 Å². The molecule has 0 atom stereocenters. The second kappa shape index (κ2) is 8.86. The van der Waals surface area contributed by atoms with E-state index in [-0.39, 0.29) is 18.1 Å². The van der Waals surface area contributed by atoms with Gasteiger partial charge in [0.05, 0.1) is 20.8 Å². The standard InChI is InChI=1S/C18H21F2N3O2/c1-24-16-6-3-12(9-17(16)25-2)7-8-22-18(21)23-11-13-10-14(19)4-5-15(13)20/h3-6,9-10H,7-8,11H2,1-2H3,(H3,21,22,23). The van der Waals surface area contributed by atoms with Crippen LogP contribution in [0.15, 0.2) is 41.4 Å². The summed E-state index contributed by atoms with van der Waals surface area (Å²) >= 11 is 0. The number of guanidine groups is 1. The van der Waals surface area contributed by atoms with Crippen LogP contribution >= 0.6 is 0 Å². The van der Waals surface area contributed by atoms with Crippen LogP contribution in [0, 0.1) is 11.6 Å². The number of benzene rings is 2. The quantitative estimate of drug-likeness (QED) is 0.596. The highest BCUT2D eigenvalue weighted by Gasteiger charge is 2.05. The van der Waals surface area contributed by atoms with Crippen molar-refractivity contribution in [2.45, 2.75) is 13.0 Å². The van der Waals surface area contributed by atoms with Crippen molar-refractivity contribution in [2.75, 3.05) is 20.8 Å². The molecule has 0 spiro atoms. The SMILES string of the molecule is COc1ccc(CCNC(N)=NCc2cc(F)ccc2F)cc1OC. The van der Waals surface area contributed by atoms with Crippen LogP contribution in [0.25, 0.3) is 0 Å². The molecule has 0 fully saturated rings. The van der Waals surface area contributed by atoms with Gasteiger partial charge in [-0.05, 0) is 42.3 Å². The molecule has 3 N–H and O–H groups in total. The van der Waals surface area contributed by atoms with Gasteiger partial charge in [0.15, 0.2) is 17.5 Å². The molecule has 25 heavy (non-hydrogen) atoms. The molecule has 0 saturated carbocycles. The number of hydrogen-bond acceptors (Lipinski definition) is 3. The summed E-state index contributed by atoms with van der Waals surface area (Å²) < 4.78 is 37.0. The third-order valence-electron chi connectivity index (χ3n) is 3.60. The summed E-state index contributed by atoms with van der Waals surface area (Å²) in [5.74, 6) is 0.472. The van der Waals surface area contributed by atoms with Crippen LogP contribution < -0.4 is 20.5 Å². The van der Waals surface area contributed by atoms with Crippen LogP contribution in [0.4, 0.5) is 8.78 Å². The molecular formula is C18H21F2N3O2. The molecule has 0 aliphatic rings. The molecule has 2 aromatic carbocycles. The fraction of sp³-hybridized carbons (Fsp3) is 0.278. The minimum absolute atomic E-state index is 0.0290. The van der Waals surface area contributed by atoms with Crippen molar-refractivity contribution in [3.63, 3.8) is 0 Å². The van der Waals surface area contributed by atoms with E-state index in [0.29, 0.717) is 24.5 Å². The average Bonchev–Trinajstić information content (AvgIpc) is 2.62. The van der Waals surface area contributed by atoms with Crippen LogP contribution in [0.3, 0.4) is 0 Å². The van der Waals surface area contributed by atoms with Crippen molar-refractivity contribution >= 4 is 5.96 Å². The average molecular weight is 349 g/mol. The van der Waals surface area contributed by atoms with Crippen molar-refractivity contribution < 1.29 is 18.3 Å². The Morgan fingerprint density at radius 2 is 1.84 bits per heavy atom. The van der Waals surface area contributed by atoms with Gasteiger partial charge >= 0.3 is 0 Å². The Labute approximate surface area is 145 Å². The van der Waals surface area contributed by atoms with Crippen LogP contribution in [0.2, 0.25) is 0 Å². The van der Waals surface area contributed by atoms with Gasteiger partial charge in [0.25, 0.3) is 0 Å². The topological polar surface area (TPSA) is 68.9 Å². The molecule has 0 bridgehead atoms. The highest BCUT2D eigenvalue weighted by molar-refractivity contribution is 5.77. The number of aliphatic imine (C=N–C) groups is 1. The van der Waals surface area contributed by atoms with E-state index in [2.05, 4.69) is 10.3 Å². The van der Waals surface area contributed by atoms with Gasteiger partial charge in [-0.1, -0.05) is 6.07 Å². The van der Waals surface area contributed by atoms with Gasteiger partial charge in [-0.2, -0.15) is 0 Å². The smallest absolute Gasteiger partial charge is 0.188 e. The molecule has 134 valence electrons. The third kappa shape index (κ3) is 5.34. The summed E-state index contributed by atoms with van der Waals surface area (Å²) in [6.07, 6.45) is 0.685. The molecule has 0 amide bonds. The van der Waals surface area contributed by atoms with Gasteiger partial charge < -0.3 is 20.5 Å². The predicted molar refractivity (Wildman–Crippen MR) is 92.9 cm³/mol. The van der Waals surface area contributed by atoms with E-state index >= 15 is 0 Å². The lowest BCUT2D eigenvalue weighted by Gasteiger charge is -2.10. The maximum atomic E-state index is 13.5. The number of nitrogens with two attached hydrogens (primary N) is 1. The minimum atomic E-state index is -0.511. The normalized spacial score (nSPS) is 11.3. The molecule has 0 heterocycles. The van der Waals surface area contributed by atoms with Crippen molar-refractivity contribution in [2.24, 2.45) is 10.7 Å². The van der Waals surface area contributed by atoms with Crippen molar-refractivity contribution in [1.82, 2.24) is 5.32 Å². The summed E-state index contributed by atoms with van der Waals surface area (Å²) in [6, 6.07) is 8.89. The van der Waals surface area contributed by atoms with E-state index in [1.807, 2.05) is 18.2 Å². The zero-order valence-electron chi connectivity index (χ0n) is 14.2. The molecule has 2 rings (SSSR count). The maximum Gasteiger partial charge on any atom is 0.188 e. The largest absolute Gasteiger partial charge is 0.493 e. The first-order valence-corrected chi connectivity index (χ1v) is 7.72. The molecule has 0 saturated heterocycles. The zero-order valence-corrected chi connectivity index (χ0v) is 14.2. The molecule has 2 aromatic rings. The number of ether oxygens (including phenoxy) is 2. The molecule has 0 aliphatic heterocycles. The molecule has 5 nitrogen and oxygen atoms in total. The van der Waals surface area contributed by atoms with Gasteiger partial charge in [-0.15, -0.1) is 0 Å². The van der Waals surface area contributed by atoms with Crippen LogP contribution in [0.1, 0.15) is 11.1 Å². The van der Waals surface area contributed by atoms with Gasteiger partial charge in [-0.3, -0.25) is 0 Å². The van der Waals surface area contributed by atoms with Crippen LogP contribution in [-0.2, 0) is 13.0 Å². The monoisotopic (exact) mass is 349 g/mol. The van der Waals surface area contributed by atoms with E-state index < -0.39 is 11.6 Å². The van der Waals surface area contributed by atoms with Crippen molar-refractivity contribution in [1.29, 1.82) is 0 Å². The molecule has 0 radical (unpaired) electrons. The number of hydrogen-bond donors (Lipinski definition) is 2. The second-order valence-electron chi connectivity index (χ2n) is 5.30. The fourth-order valence-electron chi connectivity index (χ4n) is 2.26. The molecule has 0 aliphatic carbocycles. The number of rotatable bonds is 7. The Morgan fingerprint density at radius 1 is 1.08 bits per heavy atom. The zero-order chi connectivity index (χ0) is 18.2. The lowest BCUT2D eigenvalue weighted by atomic mass is 10.1. The lowest BCUT2D eigenvalue weighted by molar-refractivity contribution is 0.354.